The zero-order valence-corrected chi connectivity index (χ0v) is 42.9. The fourth-order valence-electron chi connectivity index (χ4n) is 7.34. The molecule has 0 aliphatic carbocycles. The topological polar surface area (TPSA) is 78.9 Å². The maximum absolute atomic E-state index is 12.8. The Bertz CT molecular complexity index is 1330. The molecule has 0 N–H and O–H groups in total. The maximum atomic E-state index is 12.8. The van der Waals surface area contributed by atoms with Gasteiger partial charge in [-0.05, 0) is 83.5 Å². The van der Waals surface area contributed by atoms with E-state index in [1.807, 2.05) is 54.7 Å². The van der Waals surface area contributed by atoms with Crippen LogP contribution in [0.2, 0.25) is 0 Å². The molecule has 0 aliphatic rings. The second-order valence-corrected chi connectivity index (χ2v) is 17.9. The summed E-state index contributed by atoms with van der Waals surface area (Å²) in [7, 11) is 0. The summed E-state index contributed by atoms with van der Waals surface area (Å²) in [5.74, 6) is -1.01. The molecule has 0 heterocycles. The Balaban J connectivity index is 4.49. The van der Waals surface area contributed by atoms with Crippen molar-refractivity contribution in [2.75, 3.05) is 13.2 Å². The fourth-order valence-corrected chi connectivity index (χ4v) is 7.34. The Kier molecular flexibility index (Phi) is 50.9. The van der Waals surface area contributed by atoms with E-state index in [2.05, 4.69) is 63.3 Å². The Hall–Kier alpha value is -3.67. The van der Waals surface area contributed by atoms with Crippen molar-refractivity contribution in [2.45, 2.75) is 252 Å². The lowest BCUT2D eigenvalue weighted by Gasteiger charge is -2.18. The average molecular weight is 917 g/mol. The molecule has 0 aromatic rings. The normalized spacial score (nSPS) is 12.8. The Morgan fingerprint density at radius 3 is 1.05 bits per heavy atom. The van der Waals surface area contributed by atoms with Gasteiger partial charge in [-0.2, -0.15) is 0 Å². The minimum absolute atomic E-state index is 0.110. The molecule has 66 heavy (non-hydrogen) atoms. The van der Waals surface area contributed by atoms with Crippen LogP contribution in [0.3, 0.4) is 0 Å². The third kappa shape index (κ3) is 51.3. The van der Waals surface area contributed by atoms with Gasteiger partial charge in [0, 0.05) is 19.3 Å². The second kappa shape index (κ2) is 53.9. The molecular weight excluding hydrogens is 817 g/mol. The van der Waals surface area contributed by atoms with Gasteiger partial charge in [0.2, 0.25) is 0 Å². The SMILES string of the molecule is CC/C=C/C=C/C=C/C=C/C=C/CCCC(=O)OCC(COC(=O)CCCCCCC/C=C/C=C/CCCCCCCCC)OC(=O)CCCCCCCCC/C=C/CCCCCCCC. The molecule has 0 spiro atoms. The lowest BCUT2D eigenvalue weighted by molar-refractivity contribution is -0.167. The number of rotatable bonds is 48. The lowest BCUT2D eigenvalue weighted by atomic mass is 10.1. The van der Waals surface area contributed by atoms with Gasteiger partial charge in [0.05, 0.1) is 0 Å². The first-order chi connectivity index (χ1) is 32.5. The number of hydrogen-bond acceptors (Lipinski definition) is 6. The van der Waals surface area contributed by atoms with Gasteiger partial charge in [-0.3, -0.25) is 14.4 Å². The summed E-state index contributed by atoms with van der Waals surface area (Å²) < 4.78 is 16.7. The summed E-state index contributed by atoms with van der Waals surface area (Å²) in [4.78, 5) is 38.0. The van der Waals surface area contributed by atoms with E-state index in [0.717, 1.165) is 70.6 Å². The summed E-state index contributed by atoms with van der Waals surface area (Å²) in [5.41, 5.74) is 0. The van der Waals surface area contributed by atoms with Gasteiger partial charge in [0.25, 0.3) is 0 Å². The summed E-state index contributed by atoms with van der Waals surface area (Å²) >= 11 is 0. The van der Waals surface area contributed by atoms with E-state index < -0.39 is 6.10 Å². The Morgan fingerprint density at radius 1 is 0.318 bits per heavy atom. The fraction of sp³-hybridized carbons (Fsp3) is 0.683. The van der Waals surface area contributed by atoms with E-state index in [9.17, 15) is 14.4 Å². The van der Waals surface area contributed by atoms with Crippen molar-refractivity contribution in [3.05, 3.63) is 97.2 Å². The molecule has 0 radical (unpaired) electrons. The Labute approximate surface area is 407 Å². The monoisotopic (exact) mass is 917 g/mol. The molecule has 6 heteroatoms. The number of carbonyl (C=O) groups excluding carboxylic acids is 3. The molecule has 376 valence electrons. The van der Waals surface area contributed by atoms with Gasteiger partial charge in [-0.25, -0.2) is 0 Å². The van der Waals surface area contributed by atoms with Crippen molar-refractivity contribution in [1.29, 1.82) is 0 Å². The van der Waals surface area contributed by atoms with Crippen LogP contribution in [0.15, 0.2) is 97.2 Å². The molecule has 0 fully saturated rings. The molecule has 0 rings (SSSR count). The molecule has 0 saturated carbocycles. The van der Waals surface area contributed by atoms with Gasteiger partial charge in [0.15, 0.2) is 6.10 Å². The van der Waals surface area contributed by atoms with Crippen LogP contribution < -0.4 is 0 Å². The van der Waals surface area contributed by atoms with E-state index in [1.165, 1.54) is 128 Å². The van der Waals surface area contributed by atoms with Crippen molar-refractivity contribution in [3.63, 3.8) is 0 Å². The van der Waals surface area contributed by atoms with E-state index in [0.29, 0.717) is 19.3 Å². The highest BCUT2D eigenvalue weighted by molar-refractivity contribution is 5.71. The van der Waals surface area contributed by atoms with Crippen LogP contribution >= 0.6 is 0 Å². The van der Waals surface area contributed by atoms with Crippen molar-refractivity contribution in [2.24, 2.45) is 0 Å². The zero-order chi connectivity index (χ0) is 47.9. The van der Waals surface area contributed by atoms with Crippen LogP contribution in [0.4, 0.5) is 0 Å². The number of allylic oxidation sites excluding steroid dienone is 16. The molecule has 0 amide bonds. The number of ether oxygens (including phenoxy) is 3. The molecule has 0 aliphatic heterocycles. The van der Waals surface area contributed by atoms with Crippen LogP contribution in [0, 0.1) is 0 Å². The smallest absolute Gasteiger partial charge is 0.306 e. The molecule has 6 nitrogen and oxygen atoms in total. The van der Waals surface area contributed by atoms with Crippen LogP contribution in [0.1, 0.15) is 245 Å². The van der Waals surface area contributed by atoms with Crippen molar-refractivity contribution in [3.8, 4) is 0 Å². The van der Waals surface area contributed by atoms with Crippen LogP contribution in [-0.2, 0) is 28.6 Å². The minimum Gasteiger partial charge on any atom is -0.462 e. The number of unbranched alkanes of at least 4 members (excludes halogenated alkanes) is 26. The number of carbonyl (C=O) groups is 3. The lowest BCUT2D eigenvalue weighted by Crippen LogP contribution is -2.30. The average Bonchev–Trinajstić information content (AvgIpc) is 3.31. The molecule has 1 unspecified atom stereocenters. The summed E-state index contributed by atoms with van der Waals surface area (Å²) in [6, 6.07) is 0. The Morgan fingerprint density at radius 2 is 0.621 bits per heavy atom. The molecular formula is C60H100O6. The quantitative estimate of drug-likeness (QED) is 0.0199. The van der Waals surface area contributed by atoms with Crippen LogP contribution in [0.5, 0.6) is 0 Å². The van der Waals surface area contributed by atoms with E-state index in [-0.39, 0.29) is 37.5 Å². The van der Waals surface area contributed by atoms with E-state index in [1.54, 1.807) is 0 Å². The molecule has 0 aromatic heterocycles. The zero-order valence-electron chi connectivity index (χ0n) is 42.9. The van der Waals surface area contributed by atoms with Crippen LogP contribution in [0.25, 0.3) is 0 Å². The van der Waals surface area contributed by atoms with Gasteiger partial charge < -0.3 is 14.2 Å². The minimum atomic E-state index is -0.816. The van der Waals surface area contributed by atoms with Gasteiger partial charge >= 0.3 is 17.9 Å². The summed E-state index contributed by atoms with van der Waals surface area (Å²) in [6.45, 7) is 6.41. The van der Waals surface area contributed by atoms with Gasteiger partial charge in [-0.1, -0.05) is 240 Å². The van der Waals surface area contributed by atoms with Gasteiger partial charge in [-0.15, -0.1) is 0 Å². The highest BCUT2D eigenvalue weighted by atomic mass is 16.6. The number of hydrogen-bond donors (Lipinski definition) is 0. The second-order valence-electron chi connectivity index (χ2n) is 17.9. The molecule has 0 bridgehead atoms. The number of esters is 3. The first-order valence-corrected chi connectivity index (χ1v) is 27.3. The molecule has 0 saturated heterocycles. The van der Waals surface area contributed by atoms with Crippen molar-refractivity contribution < 1.29 is 28.6 Å². The molecule has 0 aromatic carbocycles. The molecule has 1 atom stereocenters. The van der Waals surface area contributed by atoms with Crippen molar-refractivity contribution >= 4 is 17.9 Å². The summed E-state index contributed by atoms with van der Waals surface area (Å²) in [5, 5.41) is 0. The third-order valence-electron chi connectivity index (χ3n) is 11.4. The predicted molar refractivity (Wildman–Crippen MR) is 284 cm³/mol. The van der Waals surface area contributed by atoms with E-state index in [4.69, 9.17) is 14.2 Å². The van der Waals surface area contributed by atoms with Gasteiger partial charge in [0.1, 0.15) is 13.2 Å². The highest BCUT2D eigenvalue weighted by Crippen LogP contribution is 2.14. The largest absolute Gasteiger partial charge is 0.462 e. The van der Waals surface area contributed by atoms with Crippen LogP contribution in [-0.4, -0.2) is 37.2 Å². The standard InChI is InChI=1S/C60H100O6/c1-4-7-10-13-16-19-22-25-27-29-31-32-35-38-41-44-47-50-53-59(62)65-56-57(55-64-58(61)52-49-46-43-40-37-34-24-21-18-15-12-9-6-3)66-60(63)54-51-48-45-42-39-36-33-30-28-26-23-20-17-14-11-8-5-2/h9,12,15,18,21,24,26-29,31-32,34,37,40,43,57H,4-8,10-11,13-14,16-17,19-20,22-23,25,30,33,35-36,38-39,41-42,44-56H2,1-3H3/b12-9+,18-15+,24-21+,28-26+,29-27+,32-31+,37-34+,43-40+. The predicted octanol–water partition coefficient (Wildman–Crippen LogP) is 18.1. The summed E-state index contributed by atoms with van der Waals surface area (Å²) in [6.07, 6.45) is 71.2. The van der Waals surface area contributed by atoms with E-state index >= 15 is 0 Å². The maximum Gasteiger partial charge on any atom is 0.306 e. The first-order valence-electron chi connectivity index (χ1n) is 27.3. The highest BCUT2D eigenvalue weighted by Gasteiger charge is 2.19. The third-order valence-corrected chi connectivity index (χ3v) is 11.4. The van der Waals surface area contributed by atoms with Crippen molar-refractivity contribution in [1.82, 2.24) is 0 Å². The first kappa shape index (κ1) is 62.3.